The number of aryl methyl sites for hydroxylation is 2. The van der Waals surface area contributed by atoms with Crippen LogP contribution in [0, 0.1) is 19.8 Å². The zero-order chi connectivity index (χ0) is 15.5. The Kier molecular flexibility index (Phi) is 4.57. The molecule has 1 aliphatic rings. The maximum atomic E-state index is 4.42. The monoisotopic (exact) mass is 298 g/mol. The van der Waals surface area contributed by atoms with Gasteiger partial charge < -0.3 is 0 Å². The van der Waals surface area contributed by atoms with Crippen LogP contribution in [0.3, 0.4) is 0 Å². The van der Waals surface area contributed by atoms with E-state index < -0.39 is 0 Å². The lowest BCUT2D eigenvalue weighted by atomic mass is 9.91. The molecule has 3 heterocycles. The molecule has 4 nitrogen and oxygen atoms in total. The van der Waals surface area contributed by atoms with Crippen molar-refractivity contribution in [2.75, 3.05) is 13.1 Å². The van der Waals surface area contributed by atoms with Crippen LogP contribution in [0.1, 0.15) is 35.4 Å². The maximum absolute atomic E-state index is 4.42. The van der Waals surface area contributed by atoms with E-state index in [4.69, 9.17) is 0 Å². The molecule has 1 saturated heterocycles. The first-order valence-corrected chi connectivity index (χ1v) is 8.23. The van der Waals surface area contributed by atoms with Gasteiger partial charge in [0.2, 0.25) is 0 Å². The van der Waals surface area contributed by atoms with Gasteiger partial charge in [-0.3, -0.25) is 14.6 Å². The summed E-state index contributed by atoms with van der Waals surface area (Å²) in [6.07, 6.45) is 7.83. The molecular weight excluding hydrogens is 272 g/mol. The van der Waals surface area contributed by atoms with E-state index in [2.05, 4.69) is 34.0 Å². The Morgan fingerprint density at radius 2 is 2.09 bits per heavy atom. The lowest BCUT2D eigenvalue weighted by Gasteiger charge is -2.32. The van der Waals surface area contributed by atoms with Crippen molar-refractivity contribution in [3.63, 3.8) is 0 Å². The number of hydrogen-bond donors (Lipinski definition) is 0. The van der Waals surface area contributed by atoms with Crippen LogP contribution in [0.25, 0.3) is 0 Å². The van der Waals surface area contributed by atoms with E-state index in [-0.39, 0.29) is 0 Å². The number of aromatic nitrogens is 3. The largest absolute Gasteiger partial charge is 0.299 e. The number of rotatable bonds is 4. The van der Waals surface area contributed by atoms with Gasteiger partial charge in [-0.15, -0.1) is 0 Å². The Hall–Kier alpha value is -1.68. The molecule has 0 spiro atoms. The molecule has 1 aliphatic heterocycles. The van der Waals surface area contributed by atoms with E-state index in [0.717, 1.165) is 24.6 Å². The minimum Gasteiger partial charge on any atom is -0.299 e. The number of nitrogens with zero attached hydrogens (tertiary/aromatic N) is 4. The summed E-state index contributed by atoms with van der Waals surface area (Å²) in [5, 5.41) is 4.36. The highest BCUT2D eigenvalue weighted by molar-refractivity contribution is 5.16. The molecular formula is C18H26N4. The molecule has 1 unspecified atom stereocenters. The molecule has 0 radical (unpaired) electrons. The third-order valence-electron chi connectivity index (χ3n) is 4.83. The van der Waals surface area contributed by atoms with Crippen molar-refractivity contribution < 1.29 is 0 Å². The van der Waals surface area contributed by atoms with Crippen molar-refractivity contribution in [3.8, 4) is 0 Å². The highest BCUT2D eigenvalue weighted by atomic mass is 15.3. The molecule has 2 aromatic heterocycles. The quantitative estimate of drug-likeness (QED) is 0.870. The fourth-order valence-electron chi connectivity index (χ4n) is 3.35. The molecule has 0 saturated carbocycles. The van der Waals surface area contributed by atoms with E-state index in [1.54, 1.807) is 0 Å². The Morgan fingerprint density at radius 1 is 1.23 bits per heavy atom. The molecule has 22 heavy (non-hydrogen) atoms. The Labute approximate surface area is 133 Å². The van der Waals surface area contributed by atoms with Gasteiger partial charge in [0.25, 0.3) is 0 Å². The van der Waals surface area contributed by atoms with Crippen molar-refractivity contribution >= 4 is 0 Å². The smallest absolute Gasteiger partial charge is 0.0537 e. The van der Waals surface area contributed by atoms with Crippen molar-refractivity contribution in [2.24, 2.45) is 13.0 Å². The first kappa shape index (κ1) is 15.2. The first-order valence-electron chi connectivity index (χ1n) is 8.23. The highest BCUT2D eigenvalue weighted by Gasteiger charge is 2.21. The minimum absolute atomic E-state index is 0.746. The fraction of sp³-hybridized carbons (Fsp3) is 0.556. The van der Waals surface area contributed by atoms with Gasteiger partial charge >= 0.3 is 0 Å². The molecule has 0 aliphatic carbocycles. The molecule has 1 fully saturated rings. The third kappa shape index (κ3) is 3.55. The van der Waals surface area contributed by atoms with Crippen LogP contribution in [0.15, 0.2) is 24.5 Å². The van der Waals surface area contributed by atoms with Crippen LogP contribution in [0.2, 0.25) is 0 Å². The first-order chi connectivity index (χ1) is 10.6. The molecule has 0 bridgehead atoms. The van der Waals surface area contributed by atoms with Gasteiger partial charge in [-0.05, 0) is 57.2 Å². The zero-order valence-corrected chi connectivity index (χ0v) is 13.9. The third-order valence-corrected chi connectivity index (χ3v) is 4.83. The van der Waals surface area contributed by atoms with E-state index in [9.17, 15) is 0 Å². The van der Waals surface area contributed by atoms with Crippen LogP contribution in [-0.2, 0) is 20.0 Å². The Balaban J connectivity index is 1.59. The van der Waals surface area contributed by atoms with Crippen molar-refractivity contribution in [3.05, 3.63) is 47.0 Å². The van der Waals surface area contributed by atoms with E-state index in [1.165, 1.54) is 42.8 Å². The highest BCUT2D eigenvalue weighted by Crippen LogP contribution is 2.22. The predicted octanol–water partition coefficient (Wildman–Crippen LogP) is 2.89. The second-order valence-electron chi connectivity index (χ2n) is 6.63. The molecule has 118 valence electrons. The molecule has 1 atom stereocenters. The summed E-state index contributed by atoms with van der Waals surface area (Å²) in [6, 6.07) is 4.35. The van der Waals surface area contributed by atoms with E-state index in [0.29, 0.717) is 0 Å². The van der Waals surface area contributed by atoms with Gasteiger partial charge in [0, 0.05) is 43.3 Å². The Morgan fingerprint density at radius 3 is 2.77 bits per heavy atom. The molecule has 2 aromatic rings. The number of piperidine rings is 1. The number of pyridine rings is 1. The average Bonchev–Trinajstić information content (AvgIpc) is 2.82. The summed E-state index contributed by atoms with van der Waals surface area (Å²) in [5.41, 5.74) is 5.11. The summed E-state index contributed by atoms with van der Waals surface area (Å²) in [7, 11) is 2.02. The van der Waals surface area contributed by atoms with Crippen LogP contribution >= 0.6 is 0 Å². The standard InChI is InChI=1S/C18H26N4/c1-14-6-7-16(10-19-14)9-17-5-4-8-22(12-17)13-18-11-20-21(3)15(18)2/h6-7,10-11,17H,4-5,8-9,12-13H2,1-3H3. The maximum Gasteiger partial charge on any atom is 0.0537 e. The second kappa shape index (κ2) is 6.61. The van der Waals surface area contributed by atoms with E-state index >= 15 is 0 Å². The summed E-state index contributed by atoms with van der Waals surface area (Å²) < 4.78 is 1.97. The number of likely N-dealkylation sites (tertiary alicyclic amines) is 1. The van der Waals surface area contributed by atoms with E-state index in [1.807, 2.05) is 31.0 Å². The minimum atomic E-state index is 0.746. The van der Waals surface area contributed by atoms with Gasteiger partial charge in [0.1, 0.15) is 0 Å². The second-order valence-corrected chi connectivity index (χ2v) is 6.63. The van der Waals surface area contributed by atoms with Crippen molar-refractivity contribution in [2.45, 2.75) is 39.7 Å². The SMILES string of the molecule is Cc1ccc(CC2CCCN(Cc3cnn(C)c3C)C2)cn1. The van der Waals surface area contributed by atoms with Gasteiger partial charge in [0.05, 0.1) is 6.20 Å². The van der Waals surface area contributed by atoms with Crippen LogP contribution in [-0.4, -0.2) is 32.8 Å². The van der Waals surface area contributed by atoms with Crippen LogP contribution in [0.5, 0.6) is 0 Å². The van der Waals surface area contributed by atoms with Gasteiger partial charge in [-0.2, -0.15) is 5.10 Å². The molecule has 0 aromatic carbocycles. The zero-order valence-electron chi connectivity index (χ0n) is 13.9. The summed E-state index contributed by atoms with van der Waals surface area (Å²) in [4.78, 5) is 7.00. The van der Waals surface area contributed by atoms with Gasteiger partial charge in [-0.25, -0.2) is 0 Å². The fourth-order valence-corrected chi connectivity index (χ4v) is 3.35. The lowest BCUT2D eigenvalue weighted by Crippen LogP contribution is -2.35. The van der Waals surface area contributed by atoms with Crippen LogP contribution < -0.4 is 0 Å². The molecule has 4 heteroatoms. The van der Waals surface area contributed by atoms with Crippen LogP contribution in [0.4, 0.5) is 0 Å². The predicted molar refractivity (Wildman–Crippen MR) is 88.6 cm³/mol. The summed E-state index contributed by atoms with van der Waals surface area (Å²) >= 11 is 0. The topological polar surface area (TPSA) is 34.0 Å². The van der Waals surface area contributed by atoms with Crippen molar-refractivity contribution in [1.29, 1.82) is 0 Å². The van der Waals surface area contributed by atoms with Gasteiger partial charge in [-0.1, -0.05) is 6.07 Å². The number of hydrogen-bond acceptors (Lipinski definition) is 3. The average molecular weight is 298 g/mol. The summed E-state index contributed by atoms with van der Waals surface area (Å²) in [6.45, 7) is 7.62. The summed E-state index contributed by atoms with van der Waals surface area (Å²) in [5.74, 6) is 0.746. The normalized spacial score (nSPS) is 19.5. The lowest BCUT2D eigenvalue weighted by molar-refractivity contribution is 0.166. The molecule has 0 N–H and O–H groups in total. The Bertz CT molecular complexity index is 615. The van der Waals surface area contributed by atoms with Crippen molar-refractivity contribution in [1.82, 2.24) is 19.7 Å². The molecule has 0 amide bonds. The van der Waals surface area contributed by atoms with Gasteiger partial charge in [0.15, 0.2) is 0 Å². The molecule has 3 rings (SSSR count).